The van der Waals surface area contributed by atoms with Crippen molar-refractivity contribution in [2.45, 2.75) is 46.7 Å². The molecule has 0 N–H and O–H groups in total. The molecule has 0 unspecified atom stereocenters. The van der Waals surface area contributed by atoms with Crippen LogP contribution in [0.1, 0.15) is 34.6 Å². The van der Waals surface area contributed by atoms with Crippen molar-refractivity contribution in [1.29, 1.82) is 0 Å². The van der Waals surface area contributed by atoms with E-state index in [1.165, 1.54) is 0 Å². The first kappa shape index (κ1) is 27.6. The molecule has 0 spiro atoms. The Kier molecular flexibility index (Phi) is 15.3. The monoisotopic (exact) mass is 621 g/mol. The Balaban J connectivity index is -0.000000272. The zero-order valence-electron chi connectivity index (χ0n) is 13.1. The minimum absolute atomic E-state index is 0.935. The summed E-state index contributed by atoms with van der Waals surface area (Å²) in [4.78, 5) is 0. The second-order valence-corrected chi connectivity index (χ2v) is 5.50. The number of alkyl halides is 5. The van der Waals surface area contributed by atoms with E-state index in [1.807, 2.05) is 15.3 Å². The van der Waals surface area contributed by atoms with Crippen molar-refractivity contribution in [3.8, 4) is 0 Å². The molecular weight excluding hydrogens is 598 g/mol. The summed E-state index contributed by atoms with van der Waals surface area (Å²) < 4.78 is 61.7. The number of rotatable bonds is 0. The fourth-order valence-corrected chi connectivity index (χ4v) is 2.39. The van der Waals surface area contributed by atoms with Gasteiger partial charge in [-0.2, -0.15) is 13.2 Å². The van der Waals surface area contributed by atoms with Crippen molar-refractivity contribution in [3.63, 3.8) is 0 Å². The summed E-state index contributed by atoms with van der Waals surface area (Å²) in [5.74, 6) is -0.137. The third-order valence-corrected chi connectivity index (χ3v) is 4.56. The topological polar surface area (TPSA) is 19.9 Å². The van der Waals surface area contributed by atoms with Gasteiger partial charge in [-0.3, -0.25) is 6.92 Å². The molecule has 0 heterocycles. The summed E-state index contributed by atoms with van der Waals surface area (Å²) in [5.41, 5.74) is 0. The quantitative estimate of drug-likeness (QED) is 0.136. The second-order valence-electron chi connectivity index (χ2n) is 5.50. The zero-order valence-corrected chi connectivity index (χ0v) is 17.7. The van der Waals surface area contributed by atoms with E-state index in [4.69, 9.17) is 4.65 Å². The zero-order chi connectivity index (χ0) is 18.9. The van der Waals surface area contributed by atoms with Gasteiger partial charge in [-0.15, -0.1) is 0 Å². The van der Waals surface area contributed by atoms with Crippen LogP contribution in [0.5, 0.6) is 0 Å². The van der Waals surface area contributed by atoms with Crippen LogP contribution in [0.3, 0.4) is 0 Å². The van der Waals surface area contributed by atoms with Gasteiger partial charge in [0, 0.05) is 0 Å². The fourth-order valence-electron chi connectivity index (χ4n) is 2.39. The average molecular weight is 620 g/mol. The molecule has 1 aliphatic carbocycles. The summed E-state index contributed by atoms with van der Waals surface area (Å²) in [6, 6.07) is 0. The van der Waals surface area contributed by atoms with E-state index in [0.717, 1.165) is 29.6 Å². The van der Waals surface area contributed by atoms with E-state index in [0.29, 0.717) is 0 Å². The molecule has 134 valence electrons. The van der Waals surface area contributed by atoms with E-state index in [1.54, 1.807) is 6.92 Å². The summed E-state index contributed by atoms with van der Waals surface area (Å²) in [7, 11) is 0. The number of hydrogen-bond donors (Lipinski definition) is 0. The molecule has 8 heteroatoms. The Morgan fingerprint density at radius 3 is 0.909 bits per heavy atom. The van der Waals surface area contributed by atoms with Crippen LogP contribution in [0.25, 0.3) is 0 Å². The van der Waals surface area contributed by atoms with Gasteiger partial charge in [-0.25, -0.2) is 8.78 Å². The van der Waals surface area contributed by atoms with Crippen LogP contribution in [-0.4, -0.2) is 12.1 Å². The van der Waals surface area contributed by atoms with Gasteiger partial charge < -0.3 is 0 Å². The Morgan fingerprint density at radius 2 is 0.864 bits per heavy atom. The van der Waals surface area contributed by atoms with E-state index in [9.17, 15) is 22.0 Å². The maximum atomic E-state index is 11.0. The summed E-state index contributed by atoms with van der Waals surface area (Å²) in [5, 5.41) is 0. The Hall–Kier alpha value is 0.769. The third kappa shape index (κ3) is 9.16. The second kappa shape index (κ2) is 12.2. The molecule has 0 aromatic carbocycles. The molecule has 1 aliphatic rings. The first-order valence-electron chi connectivity index (χ1n) is 6.43. The summed E-state index contributed by atoms with van der Waals surface area (Å²) >= 11 is 4.12. The molecule has 1 nitrogen and oxygen atoms in total. The molecule has 0 radical (unpaired) electrons. The van der Waals surface area contributed by atoms with Crippen LogP contribution in [-0.2, 0) is 20.0 Å². The molecule has 0 aliphatic heterocycles. The van der Waals surface area contributed by atoms with Crippen LogP contribution >= 0.6 is 19.6 Å². The van der Waals surface area contributed by atoms with Gasteiger partial charge in [0.15, 0.2) is 0 Å². The van der Waals surface area contributed by atoms with Crippen molar-refractivity contribution in [2.24, 2.45) is 29.6 Å². The fraction of sp³-hybridized carbons (Fsp3) is 0.857. The van der Waals surface area contributed by atoms with Crippen LogP contribution in [0, 0.1) is 43.2 Å². The summed E-state index contributed by atoms with van der Waals surface area (Å²) in [6.07, 6.45) is -5.51. The van der Waals surface area contributed by atoms with Crippen LogP contribution in [0.2, 0.25) is 0 Å². The van der Waals surface area contributed by atoms with E-state index >= 15 is 0 Å². The molecule has 22 heavy (non-hydrogen) atoms. The van der Waals surface area contributed by atoms with Gasteiger partial charge in [-0.1, -0.05) is 34.6 Å². The van der Waals surface area contributed by atoms with Gasteiger partial charge in [0.05, 0.1) is 0 Å². The minimum atomic E-state index is -5.51. The SMILES string of the molecule is CC1C(C)C(C)C(C)C1C.[C-]#[O+].[CH2-]C(F)(F)C(F)(F)F.[I][Ir+2]. The van der Waals surface area contributed by atoms with Gasteiger partial charge in [0.25, 0.3) is 0 Å². The van der Waals surface area contributed by atoms with Gasteiger partial charge >= 0.3 is 52.4 Å². The normalized spacial score (nSPS) is 30.8. The molecule has 0 bridgehead atoms. The molecule has 0 aromatic rings. The Morgan fingerprint density at radius 1 is 0.773 bits per heavy atom. The molecular formula is C14H22F5IIrO+. The van der Waals surface area contributed by atoms with Crippen molar-refractivity contribution in [2.75, 3.05) is 0 Å². The van der Waals surface area contributed by atoms with Gasteiger partial charge in [-0.05, 0) is 29.6 Å². The molecule has 0 aromatic heterocycles. The van der Waals surface area contributed by atoms with Crippen molar-refractivity contribution >= 4 is 19.6 Å². The number of halogens is 6. The maximum absolute atomic E-state index is 11.0. The Bertz CT molecular complexity index is 247. The van der Waals surface area contributed by atoms with Crippen LogP contribution in [0.4, 0.5) is 22.0 Å². The Labute approximate surface area is 151 Å². The first-order valence-corrected chi connectivity index (χ1v) is 13.2. The average Bonchev–Trinajstić information content (AvgIpc) is 2.60. The van der Waals surface area contributed by atoms with E-state index in [-0.39, 0.29) is 0 Å². The molecule has 0 saturated heterocycles. The van der Waals surface area contributed by atoms with Crippen LogP contribution < -0.4 is 0 Å². The van der Waals surface area contributed by atoms with Gasteiger partial charge in [0.1, 0.15) is 0 Å². The van der Waals surface area contributed by atoms with Gasteiger partial charge in [0.2, 0.25) is 5.92 Å². The predicted molar refractivity (Wildman–Crippen MR) is 80.1 cm³/mol. The van der Waals surface area contributed by atoms with Crippen LogP contribution in [0.15, 0.2) is 0 Å². The van der Waals surface area contributed by atoms with Crippen molar-refractivity contribution in [1.82, 2.24) is 0 Å². The van der Waals surface area contributed by atoms with Crippen molar-refractivity contribution in [3.05, 3.63) is 13.6 Å². The molecule has 0 atom stereocenters. The predicted octanol–water partition coefficient (Wildman–Crippen LogP) is 6.04. The summed E-state index contributed by atoms with van der Waals surface area (Å²) in [6.45, 7) is 18.1. The van der Waals surface area contributed by atoms with E-state index in [2.05, 4.69) is 60.9 Å². The molecule has 1 fully saturated rings. The standard InChI is InChI=1S/C10H20.C3H2F5.CO.HI.Ir/c1-6-7(2)9(4)10(5)8(6)3;1-2(4,5)3(6,7)8;1-2;;/h6-10H,1-5H3;1H2;;1H;/q;-1;;;+3/p-1. The molecule has 1 rings (SSSR count). The number of hydrogen-bond acceptors (Lipinski definition) is 0. The molecule has 1 saturated carbocycles. The third-order valence-electron chi connectivity index (χ3n) is 4.56. The molecule has 0 amide bonds. The van der Waals surface area contributed by atoms with E-state index < -0.39 is 12.1 Å². The first-order chi connectivity index (χ1) is 9.80. The van der Waals surface area contributed by atoms with Crippen molar-refractivity contribution < 1.29 is 41.9 Å².